The van der Waals surface area contributed by atoms with Crippen molar-refractivity contribution in [3.05, 3.63) is 156 Å². The van der Waals surface area contributed by atoms with E-state index in [2.05, 4.69) is 59.2 Å². The Morgan fingerprint density at radius 1 is 0.644 bits per heavy atom. The normalized spacial score (nSPS) is 13.0. The Balaban J connectivity index is 1.38. The summed E-state index contributed by atoms with van der Waals surface area (Å²) >= 11 is 0. The third kappa shape index (κ3) is 4.39. The van der Waals surface area contributed by atoms with Crippen molar-refractivity contribution in [3.8, 4) is 34.0 Å². The number of rotatable bonds is 4. The van der Waals surface area contributed by atoms with Crippen molar-refractivity contribution < 1.29 is 9.53 Å². The van der Waals surface area contributed by atoms with E-state index in [0.29, 0.717) is 17.7 Å². The molecule has 7 aromatic rings. The fraction of sp³-hybridized carbons (Fsp3) is 0.0500. The van der Waals surface area contributed by atoms with Crippen LogP contribution in [0.5, 0.6) is 0 Å². The number of para-hydroxylation sites is 2. The molecule has 0 atom stereocenters. The number of nitriles is 1. The fourth-order valence-electron chi connectivity index (χ4n) is 6.58. The molecule has 8 rings (SSSR count). The highest BCUT2D eigenvalue weighted by atomic mass is 16.5. The molecular formula is C40H27N3O2. The van der Waals surface area contributed by atoms with Crippen LogP contribution in [0.15, 0.2) is 140 Å². The van der Waals surface area contributed by atoms with Gasteiger partial charge in [0.1, 0.15) is 6.73 Å². The molecule has 45 heavy (non-hydrogen) atoms. The van der Waals surface area contributed by atoms with Crippen LogP contribution in [0.1, 0.15) is 21.5 Å². The van der Waals surface area contributed by atoms with Crippen LogP contribution in [0.4, 0.5) is 5.69 Å². The minimum absolute atomic E-state index is 0.106. The molecule has 0 N–H and O–H groups in total. The molecule has 0 bridgehead atoms. The average molecular weight is 582 g/mol. The molecule has 5 heteroatoms. The molecule has 0 saturated carbocycles. The van der Waals surface area contributed by atoms with Crippen molar-refractivity contribution in [1.82, 2.24) is 4.57 Å². The van der Waals surface area contributed by atoms with Crippen LogP contribution in [0.3, 0.4) is 0 Å². The summed E-state index contributed by atoms with van der Waals surface area (Å²) in [5.74, 6) is -0.127. The number of benzene rings is 6. The third-order valence-corrected chi connectivity index (χ3v) is 8.58. The summed E-state index contributed by atoms with van der Waals surface area (Å²) in [5, 5.41) is 11.6. The summed E-state index contributed by atoms with van der Waals surface area (Å²) in [6.45, 7) is 0.407. The van der Waals surface area contributed by atoms with Crippen LogP contribution < -0.4 is 4.90 Å². The van der Waals surface area contributed by atoms with Crippen molar-refractivity contribution in [2.24, 2.45) is 0 Å². The number of ether oxygens (including phenoxy) is 1. The highest BCUT2D eigenvalue weighted by molar-refractivity contribution is 6.15. The number of hydrogen-bond acceptors (Lipinski definition) is 3. The molecule has 0 aliphatic carbocycles. The van der Waals surface area contributed by atoms with E-state index in [1.54, 1.807) is 4.90 Å². The first-order valence-corrected chi connectivity index (χ1v) is 14.9. The first kappa shape index (κ1) is 26.7. The molecule has 0 saturated heterocycles. The van der Waals surface area contributed by atoms with Gasteiger partial charge in [-0.25, -0.2) is 0 Å². The number of carbonyl (C=O) groups excluding carboxylic acids is 1. The highest BCUT2D eigenvalue weighted by Crippen LogP contribution is 2.42. The minimum atomic E-state index is -0.127. The van der Waals surface area contributed by atoms with Gasteiger partial charge in [-0.15, -0.1) is 0 Å². The Labute approximate surface area is 260 Å². The van der Waals surface area contributed by atoms with Gasteiger partial charge in [0.2, 0.25) is 0 Å². The van der Waals surface area contributed by atoms with Crippen molar-refractivity contribution in [2.75, 3.05) is 11.6 Å². The van der Waals surface area contributed by atoms with E-state index in [4.69, 9.17) is 4.74 Å². The molecule has 0 fully saturated rings. The van der Waals surface area contributed by atoms with Gasteiger partial charge >= 0.3 is 0 Å². The van der Waals surface area contributed by atoms with Crippen LogP contribution in [0, 0.1) is 11.3 Å². The topological polar surface area (TPSA) is 58.3 Å². The predicted octanol–water partition coefficient (Wildman–Crippen LogP) is 9.12. The molecule has 6 aromatic carbocycles. The monoisotopic (exact) mass is 581 g/mol. The lowest BCUT2D eigenvalue weighted by atomic mass is 9.94. The second-order valence-electron chi connectivity index (χ2n) is 11.2. The van der Waals surface area contributed by atoms with Gasteiger partial charge in [-0.05, 0) is 47.0 Å². The van der Waals surface area contributed by atoms with Crippen LogP contribution in [-0.4, -0.2) is 17.2 Å². The zero-order valence-corrected chi connectivity index (χ0v) is 24.4. The van der Waals surface area contributed by atoms with E-state index in [1.807, 2.05) is 91.0 Å². The van der Waals surface area contributed by atoms with Gasteiger partial charge in [0.15, 0.2) is 0 Å². The van der Waals surface area contributed by atoms with E-state index in [-0.39, 0.29) is 12.6 Å². The Morgan fingerprint density at radius 2 is 1.29 bits per heavy atom. The van der Waals surface area contributed by atoms with Crippen molar-refractivity contribution in [3.63, 3.8) is 0 Å². The van der Waals surface area contributed by atoms with Crippen LogP contribution in [0.25, 0.3) is 49.7 Å². The SMILES string of the molecule is N#Cc1ccc2c(c1)c1ccccc1n2-c1cccc2c1C(=O)N(c1c(-c3ccccc3)cccc1-c1ccccc1)COC2. The molecule has 0 spiro atoms. The summed E-state index contributed by atoms with van der Waals surface area (Å²) in [6.07, 6.45) is 0. The predicted molar refractivity (Wildman–Crippen MR) is 179 cm³/mol. The largest absolute Gasteiger partial charge is 0.356 e. The zero-order valence-electron chi connectivity index (χ0n) is 24.4. The van der Waals surface area contributed by atoms with Crippen LogP contribution in [0.2, 0.25) is 0 Å². The lowest BCUT2D eigenvalue weighted by Gasteiger charge is -2.27. The second-order valence-corrected chi connectivity index (χ2v) is 11.2. The molecule has 1 aromatic heterocycles. The van der Waals surface area contributed by atoms with Gasteiger partial charge < -0.3 is 9.30 Å². The number of amides is 1. The average Bonchev–Trinajstić information content (AvgIpc) is 3.33. The smallest absolute Gasteiger partial charge is 0.262 e. The van der Waals surface area contributed by atoms with E-state index in [0.717, 1.165) is 61.0 Å². The van der Waals surface area contributed by atoms with Crippen molar-refractivity contribution in [1.29, 1.82) is 5.26 Å². The molecule has 214 valence electrons. The molecule has 5 nitrogen and oxygen atoms in total. The van der Waals surface area contributed by atoms with Gasteiger partial charge in [-0.3, -0.25) is 9.69 Å². The van der Waals surface area contributed by atoms with Crippen molar-refractivity contribution in [2.45, 2.75) is 6.61 Å². The lowest BCUT2D eigenvalue weighted by molar-refractivity contribution is 0.0905. The third-order valence-electron chi connectivity index (χ3n) is 8.58. The molecule has 2 heterocycles. The lowest BCUT2D eigenvalue weighted by Crippen LogP contribution is -2.33. The molecule has 0 unspecified atom stereocenters. The highest BCUT2D eigenvalue weighted by Gasteiger charge is 2.31. The first-order valence-electron chi connectivity index (χ1n) is 14.9. The van der Waals surface area contributed by atoms with Gasteiger partial charge in [-0.1, -0.05) is 109 Å². The summed E-state index contributed by atoms with van der Waals surface area (Å²) in [4.78, 5) is 16.9. The Bertz CT molecular complexity index is 2220. The first-order chi connectivity index (χ1) is 22.2. The summed E-state index contributed by atoms with van der Waals surface area (Å²) < 4.78 is 8.42. The van der Waals surface area contributed by atoms with Gasteiger partial charge in [0, 0.05) is 21.9 Å². The fourth-order valence-corrected chi connectivity index (χ4v) is 6.58. The number of anilines is 1. The van der Waals surface area contributed by atoms with Gasteiger partial charge in [0.25, 0.3) is 5.91 Å². The van der Waals surface area contributed by atoms with Crippen molar-refractivity contribution >= 4 is 33.4 Å². The maximum Gasteiger partial charge on any atom is 0.262 e. The standard InChI is InChI=1S/C40H27N3O2/c41-24-27-21-22-36-34(23-27)33-16-7-8-19-35(33)43(36)37-20-9-15-30-25-45-26-42(40(44)38(30)37)39-31(28-11-3-1-4-12-28)17-10-18-32(39)29-13-5-2-6-14-29/h1-23H,25-26H2. The van der Waals surface area contributed by atoms with Crippen LogP contribution >= 0.6 is 0 Å². The number of hydrogen-bond donors (Lipinski definition) is 0. The minimum Gasteiger partial charge on any atom is -0.356 e. The zero-order chi connectivity index (χ0) is 30.3. The Morgan fingerprint density at radius 3 is 2.00 bits per heavy atom. The molecule has 0 radical (unpaired) electrons. The summed E-state index contributed by atoms with van der Waals surface area (Å²) in [7, 11) is 0. The maximum absolute atomic E-state index is 15.1. The number of carbonyl (C=O) groups is 1. The van der Waals surface area contributed by atoms with E-state index < -0.39 is 0 Å². The maximum atomic E-state index is 15.1. The van der Waals surface area contributed by atoms with Gasteiger partial charge in [-0.2, -0.15) is 5.26 Å². The number of aromatic nitrogens is 1. The van der Waals surface area contributed by atoms with E-state index in [9.17, 15) is 5.26 Å². The molecule has 1 amide bonds. The molecular weight excluding hydrogens is 554 g/mol. The van der Waals surface area contributed by atoms with E-state index in [1.165, 1.54) is 0 Å². The van der Waals surface area contributed by atoms with Crippen LogP contribution in [-0.2, 0) is 11.3 Å². The number of fused-ring (bicyclic) bond motifs is 4. The molecule has 1 aliphatic heterocycles. The Hall–Kier alpha value is -5.96. The Kier molecular flexibility index (Phi) is 6.48. The van der Waals surface area contributed by atoms with Gasteiger partial charge in [0.05, 0.1) is 46.2 Å². The summed E-state index contributed by atoms with van der Waals surface area (Å²) in [5.41, 5.74) is 9.47. The summed E-state index contributed by atoms with van der Waals surface area (Å²) in [6, 6.07) is 48.6. The quantitative estimate of drug-likeness (QED) is 0.208. The second kappa shape index (κ2) is 10.9. The number of nitrogens with zero attached hydrogens (tertiary/aromatic N) is 3. The van der Waals surface area contributed by atoms with E-state index >= 15 is 4.79 Å². The molecule has 1 aliphatic rings.